The third-order valence-electron chi connectivity index (χ3n) is 1.71. The number of nitrogens with zero attached hydrogens (tertiary/aromatic N) is 2. The molecular formula is C9H16N4. The molecule has 0 aliphatic rings. The summed E-state index contributed by atoms with van der Waals surface area (Å²) in [6.45, 7) is 5.40. The van der Waals surface area contributed by atoms with Gasteiger partial charge in [0.25, 0.3) is 0 Å². The molecule has 1 rings (SSSR count). The SMILES string of the molecule is CCNc1cc(CN)nc(CC)n1. The average Bonchev–Trinajstić information content (AvgIpc) is 2.17. The second-order valence-corrected chi connectivity index (χ2v) is 2.75. The molecule has 1 heterocycles. The number of hydrogen-bond donors (Lipinski definition) is 2. The summed E-state index contributed by atoms with van der Waals surface area (Å²) in [5.41, 5.74) is 6.41. The maximum Gasteiger partial charge on any atom is 0.130 e. The van der Waals surface area contributed by atoms with Crippen LogP contribution in [0.15, 0.2) is 6.07 Å². The van der Waals surface area contributed by atoms with Gasteiger partial charge in [0.05, 0.1) is 5.69 Å². The van der Waals surface area contributed by atoms with Crippen LogP contribution < -0.4 is 11.1 Å². The van der Waals surface area contributed by atoms with Gasteiger partial charge in [0, 0.05) is 25.6 Å². The molecule has 0 spiro atoms. The summed E-state index contributed by atoms with van der Waals surface area (Å²) in [6, 6.07) is 1.89. The molecule has 4 nitrogen and oxygen atoms in total. The predicted molar refractivity (Wildman–Crippen MR) is 53.5 cm³/mol. The van der Waals surface area contributed by atoms with Crippen molar-refractivity contribution in [1.29, 1.82) is 0 Å². The third kappa shape index (κ3) is 2.66. The first-order valence-electron chi connectivity index (χ1n) is 4.60. The molecule has 0 saturated carbocycles. The zero-order valence-corrected chi connectivity index (χ0v) is 8.17. The number of nitrogens with one attached hydrogen (secondary N) is 1. The lowest BCUT2D eigenvalue weighted by molar-refractivity contribution is 0.875. The topological polar surface area (TPSA) is 63.8 Å². The van der Waals surface area contributed by atoms with Gasteiger partial charge in [-0.25, -0.2) is 9.97 Å². The van der Waals surface area contributed by atoms with E-state index in [-0.39, 0.29) is 0 Å². The summed E-state index contributed by atoms with van der Waals surface area (Å²) in [5.74, 6) is 1.72. The van der Waals surface area contributed by atoms with Gasteiger partial charge in [-0.05, 0) is 6.92 Å². The van der Waals surface area contributed by atoms with Crippen molar-refractivity contribution in [3.8, 4) is 0 Å². The largest absolute Gasteiger partial charge is 0.370 e. The molecule has 72 valence electrons. The van der Waals surface area contributed by atoms with Crippen molar-refractivity contribution in [2.75, 3.05) is 11.9 Å². The minimum absolute atomic E-state index is 0.466. The van der Waals surface area contributed by atoms with Gasteiger partial charge in [-0.15, -0.1) is 0 Å². The van der Waals surface area contributed by atoms with Crippen molar-refractivity contribution in [3.63, 3.8) is 0 Å². The van der Waals surface area contributed by atoms with Gasteiger partial charge >= 0.3 is 0 Å². The fourth-order valence-corrected chi connectivity index (χ4v) is 1.09. The molecule has 13 heavy (non-hydrogen) atoms. The van der Waals surface area contributed by atoms with Crippen LogP contribution in [0.5, 0.6) is 0 Å². The summed E-state index contributed by atoms with van der Waals surface area (Å²) < 4.78 is 0. The second-order valence-electron chi connectivity index (χ2n) is 2.75. The number of nitrogens with two attached hydrogens (primary N) is 1. The smallest absolute Gasteiger partial charge is 0.130 e. The fraction of sp³-hybridized carbons (Fsp3) is 0.556. The zero-order valence-electron chi connectivity index (χ0n) is 8.17. The standard InChI is InChI=1S/C9H16N4/c1-3-8-12-7(6-10)5-9(13-8)11-4-2/h5H,3-4,6,10H2,1-2H3,(H,11,12,13). The summed E-state index contributed by atoms with van der Waals surface area (Å²) in [7, 11) is 0. The van der Waals surface area contributed by atoms with Crippen LogP contribution in [-0.2, 0) is 13.0 Å². The van der Waals surface area contributed by atoms with Gasteiger partial charge in [-0.2, -0.15) is 0 Å². The van der Waals surface area contributed by atoms with Crippen LogP contribution in [-0.4, -0.2) is 16.5 Å². The molecule has 1 aromatic heterocycles. The zero-order chi connectivity index (χ0) is 9.68. The molecule has 4 heteroatoms. The van der Waals surface area contributed by atoms with Gasteiger partial charge in [0.2, 0.25) is 0 Å². The van der Waals surface area contributed by atoms with E-state index in [9.17, 15) is 0 Å². The Morgan fingerprint density at radius 1 is 1.38 bits per heavy atom. The highest BCUT2D eigenvalue weighted by Crippen LogP contribution is 2.06. The van der Waals surface area contributed by atoms with Crippen molar-refractivity contribution < 1.29 is 0 Å². The van der Waals surface area contributed by atoms with Crippen molar-refractivity contribution in [2.45, 2.75) is 26.8 Å². The summed E-state index contributed by atoms with van der Waals surface area (Å²) in [4.78, 5) is 8.59. The highest BCUT2D eigenvalue weighted by molar-refractivity contribution is 5.35. The van der Waals surface area contributed by atoms with Gasteiger partial charge in [0.1, 0.15) is 11.6 Å². The third-order valence-corrected chi connectivity index (χ3v) is 1.71. The van der Waals surface area contributed by atoms with E-state index in [2.05, 4.69) is 15.3 Å². The normalized spacial score (nSPS) is 10.1. The van der Waals surface area contributed by atoms with Crippen LogP contribution in [0.2, 0.25) is 0 Å². The number of aromatic nitrogens is 2. The van der Waals surface area contributed by atoms with Crippen molar-refractivity contribution in [2.24, 2.45) is 5.73 Å². The molecule has 0 atom stereocenters. The van der Waals surface area contributed by atoms with Crippen LogP contribution >= 0.6 is 0 Å². The molecule has 0 aromatic carbocycles. The number of anilines is 1. The molecule has 0 unspecified atom stereocenters. The van der Waals surface area contributed by atoms with Crippen molar-refractivity contribution >= 4 is 5.82 Å². The maximum absolute atomic E-state index is 5.52. The minimum atomic E-state index is 0.466. The van der Waals surface area contributed by atoms with Crippen LogP contribution in [0, 0.1) is 0 Å². The quantitative estimate of drug-likeness (QED) is 0.723. The Hall–Kier alpha value is -1.16. The second kappa shape index (κ2) is 4.77. The lowest BCUT2D eigenvalue weighted by Crippen LogP contribution is -2.08. The molecule has 0 radical (unpaired) electrons. The van der Waals surface area contributed by atoms with Crippen molar-refractivity contribution in [3.05, 3.63) is 17.6 Å². The van der Waals surface area contributed by atoms with Gasteiger partial charge in [-0.1, -0.05) is 6.92 Å². The first-order chi connectivity index (χ1) is 6.30. The Balaban J connectivity index is 2.93. The Morgan fingerprint density at radius 2 is 2.15 bits per heavy atom. The Morgan fingerprint density at radius 3 is 2.69 bits per heavy atom. The van der Waals surface area contributed by atoms with E-state index < -0.39 is 0 Å². The van der Waals surface area contributed by atoms with Crippen LogP contribution in [0.1, 0.15) is 25.4 Å². The fourth-order valence-electron chi connectivity index (χ4n) is 1.09. The lowest BCUT2D eigenvalue weighted by atomic mass is 10.3. The molecule has 1 aromatic rings. The molecule has 0 fully saturated rings. The van der Waals surface area contributed by atoms with E-state index in [0.29, 0.717) is 6.54 Å². The van der Waals surface area contributed by atoms with E-state index in [1.54, 1.807) is 0 Å². The van der Waals surface area contributed by atoms with Crippen molar-refractivity contribution in [1.82, 2.24) is 9.97 Å². The molecule has 0 amide bonds. The number of rotatable bonds is 4. The highest BCUT2D eigenvalue weighted by Gasteiger charge is 2.00. The summed E-state index contributed by atoms with van der Waals surface area (Å²) >= 11 is 0. The molecule has 3 N–H and O–H groups in total. The molecule has 0 aliphatic heterocycles. The van der Waals surface area contributed by atoms with Gasteiger partial charge < -0.3 is 11.1 Å². The molecule has 0 saturated heterocycles. The monoisotopic (exact) mass is 180 g/mol. The Labute approximate surface area is 78.6 Å². The predicted octanol–water partition coefficient (Wildman–Crippen LogP) is 0.929. The number of hydrogen-bond acceptors (Lipinski definition) is 4. The highest BCUT2D eigenvalue weighted by atomic mass is 15.0. The van der Waals surface area contributed by atoms with Gasteiger partial charge in [0.15, 0.2) is 0 Å². The Bertz CT molecular complexity index is 250. The first kappa shape index (κ1) is 9.92. The molecule has 0 bridgehead atoms. The number of aryl methyl sites for hydroxylation is 1. The summed E-state index contributed by atoms with van der Waals surface area (Å²) in [5, 5.41) is 3.15. The van der Waals surface area contributed by atoms with E-state index in [1.807, 2.05) is 19.9 Å². The first-order valence-corrected chi connectivity index (χ1v) is 4.60. The van der Waals surface area contributed by atoms with Gasteiger partial charge in [-0.3, -0.25) is 0 Å². The van der Waals surface area contributed by atoms with E-state index in [0.717, 1.165) is 30.3 Å². The minimum Gasteiger partial charge on any atom is -0.370 e. The van der Waals surface area contributed by atoms with Crippen LogP contribution in [0.4, 0.5) is 5.82 Å². The van der Waals surface area contributed by atoms with E-state index in [4.69, 9.17) is 5.73 Å². The Kier molecular flexibility index (Phi) is 3.64. The molecular weight excluding hydrogens is 164 g/mol. The summed E-state index contributed by atoms with van der Waals surface area (Å²) in [6.07, 6.45) is 0.840. The average molecular weight is 180 g/mol. The van der Waals surface area contributed by atoms with E-state index in [1.165, 1.54) is 0 Å². The molecule has 0 aliphatic carbocycles. The lowest BCUT2D eigenvalue weighted by Gasteiger charge is -2.06. The maximum atomic E-state index is 5.52. The van der Waals surface area contributed by atoms with Crippen LogP contribution in [0.3, 0.4) is 0 Å². The van der Waals surface area contributed by atoms with Crippen LogP contribution in [0.25, 0.3) is 0 Å². The van der Waals surface area contributed by atoms with E-state index >= 15 is 0 Å².